The van der Waals surface area contributed by atoms with Gasteiger partial charge in [0, 0.05) is 30.7 Å². The Balaban J connectivity index is 1.34. The van der Waals surface area contributed by atoms with Crippen molar-refractivity contribution in [2.24, 2.45) is 10.8 Å². The highest BCUT2D eigenvalue weighted by atomic mass is 32.1. The van der Waals surface area contributed by atoms with Crippen molar-refractivity contribution in [1.29, 1.82) is 0 Å². The number of likely N-dealkylation sites (tertiary alicyclic amines) is 1. The molecule has 3 aromatic heterocycles. The van der Waals surface area contributed by atoms with E-state index in [1.807, 2.05) is 54.6 Å². The molecule has 1 aromatic carbocycles. The van der Waals surface area contributed by atoms with E-state index in [0.29, 0.717) is 22.6 Å². The summed E-state index contributed by atoms with van der Waals surface area (Å²) in [5.41, 5.74) is 6.16. The maximum absolute atomic E-state index is 5.91. The molecule has 2 bridgehead atoms. The first-order chi connectivity index (χ1) is 17.3. The van der Waals surface area contributed by atoms with Crippen LogP contribution in [0.5, 0.6) is 0 Å². The van der Waals surface area contributed by atoms with E-state index >= 15 is 0 Å². The summed E-state index contributed by atoms with van der Waals surface area (Å²) in [5, 5.41) is 4.30. The second-order valence-electron chi connectivity index (χ2n) is 11.3. The van der Waals surface area contributed by atoms with Gasteiger partial charge in [0.1, 0.15) is 11.4 Å². The summed E-state index contributed by atoms with van der Waals surface area (Å²) < 4.78 is 0. The molecule has 182 valence electrons. The Kier molecular flexibility index (Phi) is 5.48. The van der Waals surface area contributed by atoms with Gasteiger partial charge in [-0.05, 0) is 84.8 Å². The summed E-state index contributed by atoms with van der Waals surface area (Å²) in [6.45, 7) is 8.20. The fourth-order valence-electron chi connectivity index (χ4n) is 6.39. The third-order valence-electron chi connectivity index (χ3n) is 7.41. The molecule has 4 heterocycles. The number of hydrogen-bond acceptors (Lipinski definition) is 5. The maximum Gasteiger partial charge on any atom is 0.173 e. The number of nitrogens with one attached hydrogen (secondary N) is 1. The third-order valence-corrected chi connectivity index (χ3v) is 7.74. The predicted molar refractivity (Wildman–Crippen MR) is 148 cm³/mol. The van der Waals surface area contributed by atoms with Crippen LogP contribution in [0.4, 0.5) is 5.69 Å². The first-order valence-electron chi connectivity index (χ1n) is 12.5. The number of thiocarbonyl (C=S) groups is 1. The molecule has 4 aromatic rings. The first-order valence-corrected chi connectivity index (χ1v) is 12.9. The molecule has 1 saturated heterocycles. The number of anilines is 1. The zero-order valence-corrected chi connectivity index (χ0v) is 21.7. The van der Waals surface area contributed by atoms with Crippen molar-refractivity contribution in [2.75, 3.05) is 11.9 Å². The van der Waals surface area contributed by atoms with Crippen LogP contribution in [0.3, 0.4) is 0 Å². The number of fused-ring (bicyclic) bond motifs is 3. The van der Waals surface area contributed by atoms with E-state index in [1.54, 1.807) is 12.4 Å². The van der Waals surface area contributed by atoms with E-state index in [-0.39, 0.29) is 0 Å². The Morgan fingerprint density at radius 1 is 0.889 bits per heavy atom. The predicted octanol–water partition coefficient (Wildman–Crippen LogP) is 6.35. The summed E-state index contributed by atoms with van der Waals surface area (Å²) in [4.78, 5) is 21.4. The Morgan fingerprint density at radius 2 is 1.56 bits per heavy atom. The van der Waals surface area contributed by atoms with Gasteiger partial charge in [-0.15, -0.1) is 0 Å². The van der Waals surface area contributed by atoms with Crippen molar-refractivity contribution < 1.29 is 0 Å². The zero-order chi connectivity index (χ0) is 24.9. The summed E-state index contributed by atoms with van der Waals surface area (Å²) in [5.74, 6) is 0. The maximum atomic E-state index is 5.91. The Morgan fingerprint density at radius 3 is 2.19 bits per heavy atom. The third kappa shape index (κ3) is 4.32. The Labute approximate surface area is 217 Å². The Bertz CT molecular complexity index is 1440. The second kappa shape index (κ2) is 8.59. The molecule has 36 heavy (non-hydrogen) atoms. The summed E-state index contributed by atoms with van der Waals surface area (Å²) in [7, 11) is 0. The molecular formula is C29H30N6S. The van der Waals surface area contributed by atoms with Crippen LogP contribution < -0.4 is 5.32 Å². The van der Waals surface area contributed by atoms with Gasteiger partial charge in [0.05, 0.1) is 22.4 Å². The lowest BCUT2D eigenvalue weighted by Gasteiger charge is -2.39. The molecule has 6 rings (SSSR count). The lowest BCUT2D eigenvalue weighted by Crippen LogP contribution is -2.39. The van der Waals surface area contributed by atoms with E-state index in [4.69, 9.17) is 22.2 Å². The molecule has 0 spiro atoms. The average Bonchev–Trinajstić information content (AvgIpc) is 3.13. The van der Waals surface area contributed by atoms with Crippen molar-refractivity contribution in [1.82, 2.24) is 24.8 Å². The van der Waals surface area contributed by atoms with Crippen LogP contribution >= 0.6 is 12.2 Å². The van der Waals surface area contributed by atoms with Crippen LogP contribution in [0.15, 0.2) is 67.0 Å². The van der Waals surface area contributed by atoms with Gasteiger partial charge < -0.3 is 10.2 Å². The highest BCUT2D eigenvalue weighted by Gasteiger charge is 2.50. The molecule has 1 saturated carbocycles. The topological polar surface area (TPSA) is 66.8 Å². The smallest absolute Gasteiger partial charge is 0.173 e. The van der Waals surface area contributed by atoms with Crippen molar-refractivity contribution >= 4 is 34.1 Å². The van der Waals surface area contributed by atoms with E-state index in [2.05, 4.69) is 41.0 Å². The first kappa shape index (κ1) is 23.0. The van der Waals surface area contributed by atoms with Crippen molar-refractivity contribution in [3.63, 3.8) is 0 Å². The summed E-state index contributed by atoms with van der Waals surface area (Å²) in [6.07, 6.45) is 7.18. The van der Waals surface area contributed by atoms with Crippen LogP contribution in [0.25, 0.3) is 33.8 Å². The molecule has 0 unspecified atom stereocenters. The number of nitrogens with zero attached hydrogens (tertiary/aromatic N) is 5. The van der Waals surface area contributed by atoms with E-state index in [1.165, 1.54) is 19.3 Å². The lowest BCUT2D eigenvalue weighted by atomic mass is 9.65. The standard InChI is InChI=1S/C29H30N6S/c1-28(2)15-20-16-29(3,17-28)18-35(20)27(36)32-19-10-11-21-24(14-19)34-26(23-9-5-7-13-31-23)25(33-21)22-8-4-6-12-30-22/h4-14,20H,15-18H2,1-3H3,(H,32,36)/t20-,29-/m1/s1. The molecule has 0 radical (unpaired) electrons. The molecule has 6 nitrogen and oxygen atoms in total. The highest BCUT2D eigenvalue weighted by molar-refractivity contribution is 7.80. The molecular weight excluding hydrogens is 464 g/mol. The van der Waals surface area contributed by atoms with Gasteiger partial charge in [0.15, 0.2) is 5.11 Å². The van der Waals surface area contributed by atoms with Crippen LogP contribution in [0.1, 0.15) is 40.0 Å². The molecule has 1 aliphatic carbocycles. The number of rotatable bonds is 3. The van der Waals surface area contributed by atoms with Gasteiger partial charge in [-0.1, -0.05) is 32.9 Å². The number of pyridine rings is 2. The summed E-state index contributed by atoms with van der Waals surface area (Å²) >= 11 is 5.91. The number of benzene rings is 1. The summed E-state index contributed by atoms with van der Waals surface area (Å²) in [6, 6.07) is 18.2. The van der Waals surface area contributed by atoms with Crippen LogP contribution in [0, 0.1) is 10.8 Å². The van der Waals surface area contributed by atoms with E-state index in [0.717, 1.165) is 45.5 Å². The minimum Gasteiger partial charge on any atom is -0.345 e. The van der Waals surface area contributed by atoms with Crippen LogP contribution in [-0.2, 0) is 0 Å². The minimum absolute atomic E-state index is 0.326. The normalized spacial score (nSPS) is 22.5. The number of aromatic nitrogens is 4. The largest absolute Gasteiger partial charge is 0.345 e. The molecule has 0 amide bonds. The Hall–Kier alpha value is -3.45. The SMILES string of the molecule is CC1(C)C[C@@H]2C[C@@](C)(CN2C(=S)Nc2ccc3nc(-c4ccccn4)c(-c4ccccn4)nc3c2)C1. The molecule has 2 atom stereocenters. The quantitative estimate of drug-likeness (QED) is 0.333. The van der Waals surface area contributed by atoms with Crippen molar-refractivity contribution in [2.45, 2.75) is 46.1 Å². The van der Waals surface area contributed by atoms with Gasteiger partial charge >= 0.3 is 0 Å². The molecule has 1 aliphatic heterocycles. The fraction of sp³-hybridized carbons (Fsp3) is 0.345. The van der Waals surface area contributed by atoms with Gasteiger partial charge in [0.25, 0.3) is 0 Å². The fourth-order valence-corrected chi connectivity index (χ4v) is 6.72. The van der Waals surface area contributed by atoms with Crippen LogP contribution in [0.2, 0.25) is 0 Å². The van der Waals surface area contributed by atoms with Gasteiger partial charge in [0.2, 0.25) is 0 Å². The van der Waals surface area contributed by atoms with Crippen molar-refractivity contribution in [3.05, 3.63) is 67.0 Å². The molecule has 7 heteroatoms. The van der Waals surface area contributed by atoms with Crippen LogP contribution in [-0.4, -0.2) is 42.5 Å². The molecule has 2 fully saturated rings. The van der Waals surface area contributed by atoms with Gasteiger partial charge in [-0.2, -0.15) is 0 Å². The lowest BCUT2D eigenvalue weighted by molar-refractivity contribution is 0.132. The highest BCUT2D eigenvalue weighted by Crippen LogP contribution is 2.52. The molecule has 1 N–H and O–H groups in total. The van der Waals surface area contributed by atoms with E-state index in [9.17, 15) is 0 Å². The van der Waals surface area contributed by atoms with Crippen molar-refractivity contribution in [3.8, 4) is 22.8 Å². The monoisotopic (exact) mass is 494 g/mol. The zero-order valence-electron chi connectivity index (χ0n) is 20.9. The molecule has 2 aliphatic rings. The second-order valence-corrected chi connectivity index (χ2v) is 11.7. The van der Waals surface area contributed by atoms with Gasteiger partial charge in [-0.3, -0.25) is 9.97 Å². The number of hydrogen-bond donors (Lipinski definition) is 1. The average molecular weight is 495 g/mol. The van der Waals surface area contributed by atoms with Gasteiger partial charge in [-0.25, -0.2) is 9.97 Å². The van der Waals surface area contributed by atoms with E-state index < -0.39 is 0 Å². The minimum atomic E-state index is 0.326.